The summed E-state index contributed by atoms with van der Waals surface area (Å²) >= 11 is 7.57. The van der Waals surface area contributed by atoms with E-state index < -0.39 is 0 Å². The molecule has 0 spiro atoms. The maximum atomic E-state index is 5.97. The molecule has 4 heteroatoms. The lowest BCUT2D eigenvalue weighted by atomic mass is 10.2. The Morgan fingerprint density at radius 2 is 2.00 bits per heavy atom. The summed E-state index contributed by atoms with van der Waals surface area (Å²) < 4.78 is 6.60. The first kappa shape index (κ1) is 13.4. The van der Waals surface area contributed by atoms with Crippen LogP contribution in [0.2, 0.25) is 4.34 Å². The maximum absolute atomic E-state index is 5.97. The number of nitrogens with one attached hydrogen (secondary N) is 1. The summed E-state index contributed by atoms with van der Waals surface area (Å²) in [4.78, 5) is 1.21. The SMILES string of the molecule is CCNC(COc1ccccc1)c1ccc(Cl)s1. The van der Waals surface area contributed by atoms with Crippen LogP contribution in [0.5, 0.6) is 5.75 Å². The predicted molar refractivity (Wildman–Crippen MR) is 77.7 cm³/mol. The third-order valence-electron chi connectivity index (χ3n) is 2.55. The Hall–Kier alpha value is -1.03. The molecule has 18 heavy (non-hydrogen) atoms. The molecular weight excluding hydrogens is 266 g/mol. The Balaban J connectivity index is 1.98. The minimum Gasteiger partial charge on any atom is -0.492 e. The van der Waals surface area contributed by atoms with Crippen molar-refractivity contribution in [2.75, 3.05) is 13.2 Å². The largest absolute Gasteiger partial charge is 0.492 e. The zero-order chi connectivity index (χ0) is 12.8. The Bertz CT molecular complexity index is 472. The number of rotatable bonds is 6. The van der Waals surface area contributed by atoms with E-state index in [0.29, 0.717) is 6.61 Å². The van der Waals surface area contributed by atoms with Crippen molar-refractivity contribution in [1.82, 2.24) is 5.32 Å². The minimum atomic E-state index is 0.188. The molecule has 0 radical (unpaired) electrons. The van der Waals surface area contributed by atoms with Gasteiger partial charge in [-0.05, 0) is 30.8 Å². The quantitative estimate of drug-likeness (QED) is 0.859. The number of halogens is 1. The summed E-state index contributed by atoms with van der Waals surface area (Å²) in [5.74, 6) is 0.892. The molecule has 1 N–H and O–H groups in total. The van der Waals surface area contributed by atoms with Crippen molar-refractivity contribution in [3.63, 3.8) is 0 Å². The Kier molecular flexibility index (Phi) is 5.05. The first-order valence-corrected chi connectivity index (χ1v) is 7.15. The van der Waals surface area contributed by atoms with E-state index in [0.717, 1.165) is 16.6 Å². The number of likely N-dealkylation sites (N-methyl/N-ethyl adjacent to an activating group) is 1. The molecule has 0 aliphatic rings. The molecular formula is C14H16ClNOS. The van der Waals surface area contributed by atoms with Crippen LogP contribution in [0.25, 0.3) is 0 Å². The molecule has 0 aliphatic carbocycles. The van der Waals surface area contributed by atoms with Gasteiger partial charge in [0, 0.05) is 4.88 Å². The predicted octanol–water partition coefficient (Wildman–Crippen LogP) is 4.13. The summed E-state index contributed by atoms with van der Waals surface area (Å²) in [7, 11) is 0. The van der Waals surface area contributed by atoms with E-state index in [9.17, 15) is 0 Å². The summed E-state index contributed by atoms with van der Waals surface area (Å²) in [6, 6.07) is 14.0. The van der Waals surface area contributed by atoms with Crippen molar-refractivity contribution in [2.24, 2.45) is 0 Å². The molecule has 96 valence electrons. The molecule has 0 fully saturated rings. The van der Waals surface area contributed by atoms with Crippen LogP contribution in [0.1, 0.15) is 17.8 Å². The molecule has 1 aromatic heterocycles. The highest BCUT2D eigenvalue weighted by Crippen LogP contribution is 2.27. The van der Waals surface area contributed by atoms with Gasteiger partial charge in [0.15, 0.2) is 0 Å². The van der Waals surface area contributed by atoms with Crippen LogP contribution in [0, 0.1) is 0 Å². The molecule has 0 bridgehead atoms. The van der Waals surface area contributed by atoms with E-state index >= 15 is 0 Å². The zero-order valence-electron chi connectivity index (χ0n) is 10.2. The third-order valence-corrected chi connectivity index (χ3v) is 3.89. The van der Waals surface area contributed by atoms with Crippen LogP contribution in [0.15, 0.2) is 42.5 Å². The third kappa shape index (κ3) is 3.73. The van der Waals surface area contributed by atoms with Gasteiger partial charge in [0.2, 0.25) is 0 Å². The van der Waals surface area contributed by atoms with Crippen LogP contribution in [-0.4, -0.2) is 13.2 Å². The van der Waals surface area contributed by atoms with Gasteiger partial charge in [0.1, 0.15) is 12.4 Å². The topological polar surface area (TPSA) is 21.3 Å². The molecule has 0 amide bonds. The number of benzene rings is 1. The lowest BCUT2D eigenvalue weighted by Crippen LogP contribution is -2.25. The fraction of sp³-hybridized carbons (Fsp3) is 0.286. The highest BCUT2D eigenvalue weighted by Gasteiger charge is 2.13. The summed E-state index contributed by atoms with van der Waals surface area (Å²) in [5, 5.41) is 3.41. The van der Waals surface area contributed by atoms with E-state index in [4.69, 9.17) is 16.3 Å². The second-order valence-corrected chi connectivity index (χ2v) is 5.62. The second-order valence-electron chi connectivity index (χ2n) is 3.88. The summed E-state index contributed by atoms with van der Waals surface area (Å²) in [5.41, 5.74) is 0. The smallest absolute Gasteiger partial charge is 0.119 e. The van der Waals surface area contributed by atoms with Crippen molar-refractivity contribution in [3.8, 4) is 5.75 Å². The highest BCUT2D eigenvalue weighted by molar-refractivity contribution is 7.16. The Morgan fingerprint density at radius 3 is 2.61 bits per heavy atom. The van der Waals surface area contributed by atoms with Gasteiger partial charge in [0.05, 0.1) is 10.4 Å². The normalized spacial score (nSPS) is 12.3. The van der Waals surface area contributed by atoms with Gasteiger partial charge in [-0.2, -0.15) is 0 Å². The van der Waals surface area contributed by atoms with Crippen molar-refractivity contribution in [1.29, 1.82) is 0 Å². The summed E-state index contributed by atoms with van der Waals surface area (Å²) in [6.45, 7) is 3.60. The molecule has 2 rings (SSSR count). The van der Waals surface area contributed by atoms with Crippen molar-refractivity contribution >= 4 is 22.9 Å². The van der Waals surface area contributed by atoms with E-state index in [1.807, 2.05) is 36.4 Å². The van der Waals surface area contributed by atoms with Gasteiger partial charge in [-0.1, -0.05) is 36.7 Å². The molecule has 2 nitrogen and oxygen atoms in total. The average molecular weight is 282 g/mol. The molecule has 1 aromatic carbocycles. The molecule has 1 heterocycles. The lowest BCUT2D eigenvalue weighted by molar-refractivity contribution is 0.270. The molecule has 2 aromatic rings. The first-order chi connectivity index (χ1) is 8.79. The molecule has 0 saturated heterocycles. The number of para-hydroxylation sites is 1. The first-order valence-electron chi connectivity index (χ1n) is 5.96. The van der Waals surface area contributed by atoms with E-state index in [1.54, 1.807) is 11.3 Å². The minimum absolute atomic E-state index is 0.188. The lowest BCUT2D eigenvalue weighted by Gasteiger charge is -2.17. The van der Waals surface area contributed by atoms with Gasteiger partial charge in [-0.15, -0.1) is 11.3 Å². The van der Waals surface area contributed by atoms with Gasteiger partial charge in [-0.25, -0.2) is 0 Å². The van der Waals surface area contributed by atoms with Crippen LogP contribution >= 0.6 is 22.9 Å². The van der Waals surface area contributed by atoms with Crippen LogP contribution < -0.4 is 10.1 Å². The van der Waals surface area contributed by atoms with Gasteiger partial charge >= 0.3 is 0 Å². The Morgan fingerprint density at radius 1 is 1.22 bits per heavy atom. The second kappa shape index (κ2) is 6.78. The van der Waals surface area contributed by atoms with E-state index in [1.165, 1.54) is 4.88 Å². The van der Waals surface area contributed by atoms with Crippen molar-refractivity contribution in [3.05, 3.63) is 51.7 Å². The highest BCUT2D eigenvalue weighted by atomic mass is 35.5. The van der Waals surface area contributed by atoms with Crippen LogP contribution in [-0.2, 0) is 0 Å². The van der Waals surface area contributed by atoms with Crippen LogP contribution in [0.4, 0.5) is 0 Å². The van der Waals surface area contributed by atoms with Crippen LogP contribution in [0.3, 0.4) is 0 Å². The molecule has 0 aliphatic heterocycles. The fourth-order valence-corrected chi connectivity index (χ4v) is 2.82. The van der Waals surface area contributed by atoms with Gasteiger partial charge < -0.3 is 10.1 Å². The monoisotopic (exact) mass is 281 g/mol. The van der Waals surface area contributed by atoms with E-state index in [2.05, 4.69) is 18.3 Å². The zero-order valence-corrected chi connectivity index (χ0v) is 11.8. The number of hydrogen-bond donors (Lipinski definition) is 1. The van der Waals surface area contributed by atoms with Crippen molar-refractivity contribution in [2.45, 2.75) is 13.0 Å². The molecule has 1 unspecified atom stereocenters. The number of thiophene rings is 1. The number of hydrogen-bond acceptors (Lipinski definition) is 3. The standard InChI is InChI=1S/C14H16ClNOS/c1-2-16-12(13-8-9-14(15)18-13)10-17-11-6-4-3-5-7-11/h3-9,12,16H,2,10H2,1H3. The van der Waals surface area contributed by atoms with Gasteiger partial charge in [-0.3, -0.25) is 0 Å². The summed E-state index contributed by atoms with van der Waals surface area (Å²) in [6.07, 6.45) is 0. The Labute approximate surface area is 117 Å². The fourth-order valence-electron chi connectivity index (χ4n) is 1.70. The van der Waals surface area contributed by atoms with Gasteiger partial charge in [0.25, 0.3) is 0 Å². The van der Waals surface area contributed by atoms with E-state index in [-0.39, 0.29) is 6.04 Å². The maximum Gasteiger partial charge on any atom is 0.119 e. The molecule has 0 saturated carbocycles. The molecule has 1 atom stereocenters. The number of ether oxygens (including phenoxy) is 1. The average Bonchev–Trinajstić information content (AvgIpc) is 2.82. The van der Waals surface area contributed by atoms with Crippen molar-refractivity contribution < 1.29 is 4.74 Å².